The molecule has 0 fully saturated rings. The highest BCUT2D eigenvalue weighted by Gasteiger charge is 2.15. The van der Waals surface area contributed by atoms with E-state index in [0.717, 1.165) is 10.0 Å². The maximum Gasteiger partial charge on any atom is 0.272 e. The van der Waals surface area contributed by atoms with Crippen molar-refractivity contribution < 1.29 is 14.3 Å². The molecule has 29 heavy (non-hydrogen) atoms. The minimum absolute atomic E-state index is 0.129. The van der Waals surface area contributed by atoms with E-state index in [1.54, 1.807) is 73.8 Å². The van der Waals surface area contributed by atoms with Crippen molar-refractivity contribution in [1.29, 1.82) is 0 Å². The number of rotatable bonds is 6. The summed E-state index contributed by atoms with van der Waals surface area (Å²) in [6.07, 6.45) is 1.62. The number of nitrogens with one attached hydrogen (secondary N) is 2. The lowest BCUT2D eigenvalue weighted by Crippen LogP contribution is -2.30. The van der Waals surface area contributed by atoms with E-state index in [1.807, 2.05) is 18.2 Å². The van der Waals surface area contributed by atoms with E-state index in [4.69, 9.17) is 4.74 Å². The Morgan fingerprint density at radius 3 is 2.31 bits per heavy atom. The van der Waals surface area contributed by atoms with Gasteiger partial charge in [-0.1, -0.05) is 52.3 Å². The molecule has 0 saturated heterocycles. The average molecular weight is 451 g/mol. The molecule has 146 valence electrons. The van der Waals surface area contributed by atoms with E-state index in [0.29, 0.717) is 17.0 Å². The summed E-state index contributed by atoms with van der Waals surface area (Å²) in [4.78, 5) is 25.5. The van der Waals surface area contributed by atoms with Gasteiger partial charge in [-0.05, 0) is 54.1 Å². The van der Waals surface area contributed by atoms with Gasteiger partial charge in [-0.3, -0.25) is 9.59 Å². The zero-order valence-electron chi connectivity index (χ0n) is 15.7. The first kappa shape index (κ1) is 20.4. The van der Waals surface area contributed by atoms with Crippen molar-refractivity contribution in [2.45, 2.75) is 0 Å². The van der Waals surface area contributed by atoms with Crippen LogP contribution in [0.25, 0.3) is 6.08 Å². The van der Waals surface area contributed by atoms with Crippen LogP contribution in [0.15, 0.2) is 89.0 Å². The Morgan fingerprint density at radius 1 is 0.931 bits per heavy atom. The summed E-state index contributed by atoms with van der Waals surface area (Å²) in [6.45, 7) is 0. The number of carbonyl (C=O) groups is 2. The molecule has 0 heterocycles. The van der Waals surface area contributed by atoms with Crippen molar-refractivity contribution in [3.8, 4) is 5.75 Å². The third-order valence-corrected chi connectivity index (χ3v) is 4.53. The van der Waals surface area contributed by atoms with E-state index in [2.05, 4.69) is 26.6 Å². The molecule has 0 atom stereocenters. The predicted molar refractivity (Wildman–Crippen MR) is 118 cm³/mol. The van der Waals surface area contributed by atoms with E-state index in [9.17, 15) is 9.59 Å². The molecule has 5 nitrogen and oxygen atoms in total. The summed E-state index contributed by atoms with van der Waals surface area (Å²) in [5, 5.41) is 5.52. The third-order valence-electron chi connectivity index (χ3n) is 4.04. The Labute approximate surface area is 177 Å². The molecule has 0 saturated carbocycles. The van der Waals surface area contributed by atoms with Crippen molar-refractivity contribution in [3.63, 3.8) is 0 Å². The van der Waals surface area contributed by atoms with Crippen LogP contribution >= 0.6 is 15.9 Å². The van der Waals surface area contributed by atoms with Crippen LogP contribution in [0, 0.1) is 0 Å². The van der Waals surface area contributed by atoms with E-state index in [-0.39, 0.29) is 11.6 Å². The number of amides is 2. The van der Waals surface area contributed by atoms with Crippen molar-refractivity contribution in [2.75, 3.05) is 12.4 Å². The first-order valence-electron chi connectivity index (χ1n) is 8.84. The molecule has 0 aromatic heterocycles. The molecule has 0 bridgehead atoms. The second-order valence-corrected chi connectivity index (χ2v) is 7.03. The maximum absolute atomic E-state index is 12.9. The Kier molecular flexibility index (Phi) is 6.81. The number of methoxy groups -OCH3 is 1. The average Bonchev–Trinajstić information content (AvgIpc) is 2.74. The summed E-state index contributed by atoms with van der Waals surface area (Å²) in [7, 11) is 1.59. The number of carbonyl (C=O) groups excluding carboxylic acids is 2. The zero-order valence-corrected chi connectivity index (χ0v) is 17.3. The quantitative estimate of drug-likeness (QED) is 0.526. The van der Waals surface area contributed by atoms with Crippen LogP contribution in [-0.2, 0) is 4.79 Å². The second kappa shape index (κ2) is 9.71. The van der Waals surface area contributed by atoms with Crippen LogP contribution in [0.3, 0.4) is 0 Å². The van der Waals surface area contributed by atoms with Gasteiger partial charge in [0.2, 0.25) is 0 Å². The Bertz CT molecular complexity index is 1030. The molecule has 3 aromatic rings. The summed E-state index contributed by atoms with van der Waals surface area (Å²) < 4.78 is 6.00. The summed E-state index contributed by atoms with van der Waals surface area (Å²) in [5.41, 5.74) is 1.95. The fourth-order valence-corrected chi connectivity index (χ4v) is 2.97. The van der Waals surface area contributed by atoms with E-state index < -0.39 is 5.91 Å². The Morgan fingerprint density at radius 2 is 1.66 bits per heavy atom. The maximum atomic E-state index is 12.9. The van der Waals surface area contributed by atoms with Crippen molar-refractivity contribution in [3.05, 3.63) is 100 Å². The van der Waals surface area contributed by atoms with Crippen LogP contribution in [-0.4, -0.2) is 18.9 Å². The smallest absolute Gasteiger partial charge is 0.272 e. The summed E-state index contributed by atoms with van der Waals surface area (Å²) in [6, 6.07) is 23.1. The molecule has 3 rings (SSSR count). The minimum Gasteiger partial charge on any atom is -0.497 e. The van der Waals surface area contributed by atoms with E-state index >= 15 is 0 Å². The molecular formula is C23H19BrN2O3. The number of hydrogen-bond acceptors (Lipinski definition) is 3. The van der Waals surface area contributed by atoms with Gasteiger partial charge in [-0.15, -0.1) is 0 Å². The highest BCUT2D eigenvalue weighted by atomic mass is 79.9. The number of ether oxygens (including phenoxy) is 1. The first-order chi connectivity index (χ1) is 14.0. The fraction of sp³-hybridized carbons (Fsp3) is 0.0435. The van der Waals surface area contributed by atoms with Gasteiger partial charge in [0.25, 0.3) is 11.8 Å². The normalized spacial score (nSPS) is 10.9. The number of halogens is 1. The lowest BCUT2D eigenvalue weighted by molar-refractivity contribution is -0.113. The third kappa shape index (κ3) is 5.80. The van der Waals surface area contributed by atoms with Crippen LogP contribution in [0.1, 0.15) is 15.9 Å². The zero-order chi connectivity index (χ0) is 20.6. The molecule has 2 amide bonds. The van der Waals surface area contributed by atoms with Crippen molar-refractivity contribution >= 4 is 39.5 Å². The van der Waals surface area contributed by atoms with Gasteiger partial charge in [0.15, 0.2) is 0 Å². The molecule has 0 radical (unpaired) electrons. The molecular weight excluding hydrogens is 432 g/mol. The van der Waals surface area contributed by atoms with Crippen molar-refractivity contribution in [2.24, 2.45) is 0 Å². The van der Waals surface area contributed by atoms with Crippen LogP contribution < -0.4 is 15.4 Å². The Hall–Kier alpha value is -3.38. The van der Waals surface area contributed by atoms with Gasteiger partial charge in [0, 0.05) is 15.7 Å². The topological polar surface area (TPSA) is 67.4 Å². The van der Waals surface area contributed by atoms with Gasteiger partial charge in [-0.25, -0.2) is 0 Å². The van der Waals surface area contributed by atoms with Gasteiger partial charge in [0.05, 0.1) is 7.11 Å². The van der Waals surface area contributed by atoms with Crippen LogP contribution in [0.5, 0.6) is 5.75 Å². The minimum atomic E-state index is -0.428. The summed E-state index contributed by atoms with van der Waals surface area (Å²) in [5.74, 6) is -0.0893. The molecule has 0 aliphatic carbocycles. The standard InChI is InChI=1S/C23H19BrN2O3/c1-29-20-12-10-16(11-13-20)14-21(26-22(27)17-6-3-2-4-7-17)23(28)25-19-9-5-8-18(24)15-19/h2-15H,1H3,(H,25,28)(H,26,27)/b21-14-. The second-order valence-electron chi connectivity index (χ2n) is 6.12. The van der Waals surface area contributed by atoms with Crippen molar-refractivity contribution in [1.82, 2.24) is 5.32 Å². The largest absolute Gasteiger partial charge is 0.497 e. The number of benzene rings is 3. The monoisotopic (exact) mass is 450 g/mol. The van der Waals surface area contributed by atoms with Gasteiger partial charge in [0.1, 0.15) is 11.4 Å². The van der Waals surface area contributed by atoms with Gasteiger partial charge in [-0.2, -0.15) is 0 Å². The summed E-state index contributed by atoms with van der Waals surface area (Å²) >= 11 is 3.38. The molecule has 2 N–H and O–H groups in total. The SMILES string of the molecule is COc1ccc(/C=C(\NC(=O)c2ccccc2)C(=O)Nc2cccc(Br)c2)cc1. The van der Waals surface area contributed by atoms with E-state index in [1.165, 1.54) is 0 Å². The molecule has 0 spiro atoms. The van der Waals surface area contributed by atoms with Gasteiger partial charge >= 0.3 is 0 Å². The number of hydrogen-bond donors (Lipinski definition) is 2. The molecule has 0 aliphatic heterocycles. The van der Waals surface area contributed by atoms with Gasteiger partial charge < -0.3 is 15.4 Å². The van der Waals surface area contributed by atoms with Crippen LogP contribution in [0.2, 0.25) is 0 Å². The number of anilines is 1. The molecule has 6 heteroatoms. The molecule has 0 aliphatic rings. The fourth-order valence-electron chi connectivity index (χ4n) is 2.57. The lowest BCUT2D eigenvalue weighted by atomic mass is 10.1. The molecule has 3 aromatic carbocycles. The Balaban J connectivity index is 1.88. The lowest BCUT2D eigenvalue weighted by Gasteiger charge is -2.12. The predicted octanol–water partition coefficient (Wildman–Crippen LogP) is 4.87. The van der Waals surface area contributed by atoms with Crippen LogP contribution in [0.4, 0.5) is 5.69 Å². The first-order valence-corrected chi connectivity index (χ1v) is 9.63. The highest BCUT2D eigenvalue weighted by molar-refractivity contribution is 9.10. The highest BCUT2D eigenvalue weighted by Crippen LogP contribution is 2.18. The molecule has 0 unspecified atom stereocenters.